The number of thiophene rings is 1. The molecule has 1 N–H and O–H groups in total. The van der Waals surface area contributed by atoms with E-state index in [-0.39, 0.29) is 0 Å². The van der Waals surface area contributed by atoms with Crippen molar-refractivity contribution in [1.82, 2.24) is 5.32 Å². The minimum atomic E-state index is 0.425. The van der Waals surface area contributed by atoms with Crippen molar-refractivity contribution in [2.75, 3.05) is 13.1 Å². The molecule has 0 amide bonds. The fraction of sp³-hybridized carbons (Fsp3) is 0.636. The molecule has 0 radical (unpaired) electrons. The molecule has 2 heterocycles. The van der Waals surface area contributed by atoms with Crippen molar-refractivity contribution in [3.8, 4) is 0 Å². The summed E-state index contributed by atoms with van der Waals surface area (Å²) >= 11 is 1.91. The van der Waals surface area contributed by atoms with E-state index in [1.165, 1.54) is 13.0 Å². The molecule has 1 fully saturated rings. The zero-order valence-electron chi connectivity index (χ0n) is 8.34. The van der Waals surface area contributed by atoms with Gasteiger partial charge in [-0.15, -0.1) is 11.3 Å². The topological polar surface area (TPSA) is 12.0 Å². The molecule has 0 bridgehead atoms. The van der Waals surface area contributed by atoms with E-state index in [4.69, 9.17) is 0 Å². The van der Waals surface area contributed by atoms with Crippen LogP contribution >= 0.6 is 11.3 Å². The van der Waals surface area contributed by atoms with Gasteiger partial charge in [-0.3, -0.25) is 0 Å². The molecule has 1 aromatic heterocycles. The van der Waals surface area contributed by atoms with Gasteiger partial charge in [0.25, 0.3) is 0 Å². The first-order chi connectivity index (χ1) is 6.26. The molecular formula is C11H17NS. The molecule has 1 unspecified atom stereocenters. The summed E-state index contributed by atoms with van der Waals surface area (Å²) in [6, 6.07) is 4.46. The fourth-order valence-corrected chi connectivity index (χ4v) is 3.37. The summed E-state index contributed by atoms with van der Waals surface area (Å²) in [6.45, 7) is 7.01. The summed E-state index contributed by atoms with van der Waals surface area (Å²) in [5.74, 6) is 0.737. The zero-order valence-corrected chi connectivity index (χ0v) is 9.16. The van der Waals surface area contributed by atoms with Gasteiger partial charge in [-0.1, -0.05) is 19.9 Å². The first-order valence-corrected chi connectivity index (χ1v) is 5.88. The standard InChI is InChI=1S/C11H17NS/c1-9(2)11(5-6-12-8-11)10-4-3-7-13-10/h3-4,7,9,12H,5-6,8H2,1-2H3. The van der Waals surface area contributed by atoms with E-state index in [1.807, 2.05) is 11.3 Å². The van der Waals surface area contributed by atoms with E-state index >= 15 is 0 Å². The van der Waals surface area contributed by atoms with Gasteiger partial charge >= 0.3 is 0 Å². The van der Waals surface area contributed by atoms with Crippen LogP contribution in [0.3, 0.4) is 0 Å². The summed E-state index contributed by atoms with van der Waals surface area (Å²) in [5.41, 5.74) is 0.425. The van der Waals surface area contributed by atoms with Gasteiger partial charge in [0.15, 0.2) is 0 Å². The van der Waals surface area contributed by atoms with E-state index in [9.17, 15) is 0 Å². The monoisotopic (exact) mass is 195 g/mol. The lowest BCUT2D eigenvalue weighted by Gasteiger charge is -2.31. The van der Waals surface area contributed by atoms with Gasteiger partial charge in [0.1, 0.15) is 0 Å². The van der Waals surface area contributed by atoms with Crippen LogP contribution in [0.5, 0.6) is 0 Å². The quantitative estimate of drug-likeness (QED) is 0.765. The molecule has 13 heavy (non-hydrogen) atoms. The number of hydrogen-bond donors (Lipinski definition) is 1. The van der Waals surface area contributed by atoms with Crippen LogP contribution in [0.15, 0.2) is 17.5 Å². The normalized spacial score (nSPS) is 28.5. The van der Waals surface area contributed by atoms with Crippen LogP contribution < -0.4 is 5.32 Å². The second kappa shape index (κ2) is 3.43. The fourth-order valence-electron chi connectivity index (χ4n) is 2.26. The second-order valence-corrected chi connectivity index (χ2v) is 5.16. The van der Waals surface area contributed by atoms with Crippen LogP contribution in [0.25, 0.3) is 0 Å². The van der Waals surface area contributed by atoms with Gasteiger partial charge < -0.3 is 5.32 Å². The Kier molecular flexibility index (Phi) is 2.43. The van der Waals surface area contributed by atoms with Crippen LogP contribution in [-0.4, -0.2) is 13.1 Å². The van der Waals surface area contributed by atoms with E-state index in [2.05, 4.69) is 36.7 Å². The van der Waals surface area contributed by atoms with E-state index in [0.29, 0.717) is 5.41 Å². The van der Waals surface area contributed by atoms with Gasteiger partial charge in [0.05, 0.1) is 0 Å². The lowest BCUT2D eigenvalue weighted by Crippen LogP contribution is -2.33. The van der Waals surface area contributed by atoms with Gasteiger partial charge in [-0.2, -0.15) is 0 Å². The van der Waals surface area contributed by atoms with Gasteiger partial charge in [-0.25, -0.2) is 0 Å². The predicted molar refractivity (Wildman–Crippen MR) is 58.3 cm³/mol. The van der Waals surface area contributed by atoms with Crippen molar-refractivity contribution in [1.29, 1.82) is 0 Å². The van der Waals surface area contributed by atoms with Crippen LogP contribution in [0, 0.1) is 5.92 Å². The first-order valence-electron chi connectivity index (χ1n) is 5.00. The van der Waals surface area contributed by atoms with Crippen molar-refractivity contribution in [2.45, 2.75) is 25.7 Å². The third-order valence-electron chi connectivity index (χ3n) is 3.31. The highest BCUT2D eigenvalue weighted by atomic mass is 32.1. The highest BCUT2D eigenvalue weighted by molar-refractivity contribution is 7.10. The summed E-state index contributed by atoms with van der Waals surface area (Å²) < 4.78 is 0. The van der Waals surface area contributed by atoms with E-state index in [1.54, 1.807) is 4.88 Å². The summed E-state index contributed by atoms with van der Waals surface area (Å²) in [5, 5.41) is 5.68. The van der Waals surface area contributed by atoms with Crippen molar-refractivity contribution in [3.05, 3.63) is 22.4 Å². The average molecular weight is 195 g/mol. The molecule has 1 nitrogen and oxygen atoms in total. The molecule has 2 heteroatoms. The second-order valence-electron chi connectivity index (χ2n) is 4.21. The van der Waals surface area contributed by atoms with Crippen molar-refractivity contribution in [3.63, 3.8) is 0 Å². The molecule has 0 saturated carbocycles. The maximum Gasteiger partial charge on any atom is 0.0207 e. The maximum absolute atomic E-state index is 3.49. The average Bonchev–Trinajstić information content (AvgIpc) is 2.75. The van der Waals surface area contributed by atoms with Crippen molar-refractivity contribution in [2.24, 2.45) is 5.92 Å². The van der Waals surface area contributed by atoms with Crippen LogP contribution in [0.4, 0.5) is 0 Å². The lowest BCUT2D eigenvalue weighted by molar-refractivity contribution is 0.343. The summed E-state index contributed by atoms with van der Waals surface area (Å²) in [7, 11) is 0. The molecule has 0 aromatic carbocycles. The first kappa shape index (κ1) is 9.22. The molecule has 1 aromatic rings. The Balaban J connectivity index is 2.33. The van der Waals surface area contributed by atoms with E-state index in [0.717, 1.165) is 12.5 Å². The Labute approximate surface area is 84.2 Å². The zero-order chi connectivity index (χ0) is 9.31. The van der Waals surface area contributed by atoms with Gasteiger partial charge in [0.2, 0.25) is 0 Å². The lowest BCUT2D eigenvalue weighted by atomic mass is 9.75. The third-order valence-corrected chi connectivity index (χ3v) is 4.40. The molecule has 2 rings (SSSR count). The number of rotatable bonds is 2. The summed E-state index contributed by atoms with van der Waals surface area (Å²) in [6.07, 6.45) is 1.30. The number of hydrogen-bond acceptors (Lipinski definition) is 2. The maximum atomic E-state index is 3.49. The Hall–Kier alpha value is -0.340. The third kappa shape index (κ3) is 1.42. The van der Waals surface area contributed by atoms with Crippen molar-refractivity contribution >= 4 is 11.3 Å². The Bertz CT molecular complexity index is 258. The van der Waals surface area contributed by atoms with Gasteiger partial charge in [0, 0.05) is 16.8 Å². The molecule has 1 saturated heterocycles. The predicted octanol–water partition coefficient (Wildman–Crippen LogP) is 2.64. The largest absolute Gasteiger partial charge is 0.316 e. The van der Waals surface area contributed by atoms with Crippen molar-refractivity contribution < 1.29 is 0 Å². The van der Waals surface area contributed by atoms with E-state index < -0.39 is 0 Å². The Morgan fingerprint density at radius 1 is 1.54 bits per heavy atom. The summed E-state index contributed by atoms with van der Waals surface area (Å²) in [4.78, 5) is 1.56. The minimum Gasteiger partial charge on any atom is -0.316 e. The Morgan fingerprint density at radius 2 is 2.38 bits per heavy atom. The highest BCUT2D eigenvalue weighted by Crippen LogP contribution is 2.39. The number of nitrogens with one attached hydrogen (secondary N) is 1. The minimum absolute atomic E-state index is 0.425. The highest BCUT2D eigenvalue weighted by Gasteiger charge is 2.39. The molecule has 0 aliphatic carbocycles. The molecular weight excluding hydrogens is 178 g/mol. The smallest absolute Gasteiger partial charge is 0.0207 e. The Morgan fingerprint density at radius 3 is 2.85 bits per heavy atom. The van der Waals surface area contributed by atoms with Crippen LogP contribution in [0.2, 0.25) is 0 Å². The van der Waals surface area contributed by atoms with Gasteiger partial charge in [-0.05, 0) is 30.3 Å². The van der Waals surface area contributed by atoms with Crippen LogP contribution in [0.1, 0.15) is 25.1 Å². The molecule has 72 valence electrons. The van der Waals surface area contributed by atoms with Crippen LogP contribution in [-0.2, 0) is 5.41 Å². The molecule has 0 spiro atoms. The molecule has 1 aliphatic heterocycles. The SMILES string of the molecule is CC(C)C1(c2cccs2)CCNC1. The molecule has 1 atom stereocenters. The molecule has 1 aliphatic rings.